The third kappa shape index (κ3) is 5.59. The summed E-state index contributed by atoms with van der Waals surface area (Å²) in [4.78, 5) is 35.7. The summed E-state index contributed by atoms with van der Waals surface area (Å²) in [6, 6.07) is 15.0. The van der Waals surface area contributed by atoms with Gasteiger partial charge in [-0.05, 0) is 36.8 Å². The van der Waals surface area contributed by atoms with Gasteiger partial charge >= 0.3 is 5.97 Å². The van der Waals surface area contributed by atoms with Gasteiger partial charge in [0.1, 0.15) is 6.04 Å². The SMILES string of the molecule is COC(=O)c1cccc(NC(=O)C(C)NC(=O)/C=C/c2ccccc2)c1. The molecule has 1 unspecified atom stereocenters. The Labute approximate surface area is 151 Å². The molecule has 0 saturated carbocycles. The van der Waals surface area contributed by atoms with Gasteiger partial charge in [-0.15, -0.1) is 0 Å². The fraction of sp³-hybridized carbons (Fsp3) is 0.150. The quantitative estimate of drug-likeness (QED) is 0.618. The van der Waals surface area contributed by atoms with Crippen molar-refractivity contribution >= 4 is 29.5 Å². The number of methoxy groups -OCH3 is 1. The van der Waals surface area contributed by atoms with Gasteiger partial charge < -0.3 is 15.4 Å². The molecule has 0 bridgehead atoms. The zero-order valence-corrected chi connectivity index (χ0v) is 14.6. The van der Waals surface area contributed by atoms with Gasteiger partial charge in [-0.2, -0.15) is 0 Å². The summed E-state index contributed by atoms with van der Waals surface area (Å²) in [6.45, 7) is 1.58. The van der Waals surface area contributed by atoms with E-state index in [1.165, 1.54) is 19.3 Å². The Morgan fingerprint density at radius 1 is 1.04 bits per heavy atom. The Hall–Kier alpha value is -3.41. The van der Waals surface area contributed by atoms with Crippen molar-refractivity contribution in [2.24, 2.45) is 0 Å². The molecule has 2 N–H and O–H groups in total. The van der Waals surface area contributed by atoms with Gasteiger partial charge in [-0.3, -0.25) is 9.59 Å². The summed E-state index contributed by atoms with van der Waals surface area (Å²) in [5.41, 5.74) is 1.66. The minimum atomic E-state index is -0.746. The Bertz CT molecular complexity index is 816. The molecule has 26 heavy (non-hydrogen) atoms. The Kier molecular flexibility index (Phi) is 6.68. The van der Waals surface area contributed by atoms with Crippen LogP contribution in [0.3, 0.4) is 0 Å². The molecule has 0 saturated heterocycles. The molecule has 0 aromatic heterocycles. The smallest absolute Gasteiger partial charge is 0.337 e. The molecule has 2 aromatic carbocycles. The molecule has 1 atom stereocenters. The Balaban J connectivity index is 1.92. The average Bonchev–Trinajstić information content (AvgIpc) is 2.66. The second kappa shape index (κ2) is 9.17. The van der Waals surface area contributed by atoms with Crippen LogP contribution in [0.5, 0.6) is 0 Å². The molecule has 6 nitrogen and oxygen atoms in total. The summed E-state index contributed by atoms with van der Waals surface area (Å²) in [5.74, 6) is -1.26. The normalized spacial score (nSPS) is 11.6. The van der Waals surface area contributed by atoms with E-state index in [1.807, 2.05) is 30.3 Å². The molecule has 0 spiro atoms. The lowest BCUT2D eigenvalue weighted by atomic mass is 10.2. The standard InChI is InChI=1S/C20H20N2O4/c1-14(21-18(23)12-11-15-7-4-3-5-8-15)19(24)22-17-10-6-9-16(13-17)20(25)26-2/h3-14H,1-2H3,(H,21,23)(H,22,24)/b12-11+. The van der Waals surface area contributed by atoms with E-state index in [-0.39, 0.29) is 5.91 Å². The number of anilines is 1. The van der Waals surface area contributed by atoms with Crippen LogP contribution in [0.4, 0.5) is 5.69 Å². The number of carbonyl (C=O) groups excluding carboxylic acids is 3. The van der Waals surface area contributed by atoms with Gasteiger partial charge in [0.2, 0.25) is 11.8 Å². The van der Waals surface area contributed by atoms with Crippen molar-refractivity contribution in [1.29, 1.82) is 0 Å². The fourth-order valence-electron chi connectivity index (χ4n) is 2.16. The lowest BCUT2D eigenvalue weighted by Gasteiger charge is -2.13. The number of nitrogens with one attached hydrogen (secondary N) is 2. The summed E-state index contributed by atoms with van der Waals surface area (Å²) in [5, 5.41) is 5.24. The Morgan fingerprint density at radius 3 is 2.46 bits per heavy atom. The number of carbonyl (C=O) groups is 3. The van der Waals surface area contributed by atoms with Gasteiger partial charge in [0.15, 0.2) is 0 Å². The number of esters is 1. The molecule has 2 amide bonds. The van der Waals surface area contributed by atoms with Crippen LogP contribution in [0.25, 0.3) is 6.08 Å². The van der Waals surface area contributed by atoms with E-state index in [4.69, 9.17) is 0 Å². The van der Waals surface area contributed by atoms with Crippen molar-refractivity contribution in [3.05, 3.63) is 71.8 Å². The number of rotatable bonds is 6. The van der Waals surface area contributed by atoms with Gasteiger partial charge in [-0.1, -0.05) is 36.4 Å². The van der Waals surface area contributed by atoms with Crippen molar-refractivity contribution in [2.75, 3.05) is 12.4 Å². The second-order valence-electron chi connectivity index (χ2n) is 5.54. The predicted molar refractivity (Wildman–Crippen MR) is 99.5 cm³/mol. The van der Waals surface area contributed by atoms with Crippen LogP contribution in [-0.4, -0.2) is 30.9 Å². The molecule has 0 fully saturated rings. The molecular weight excluding hydrogens is 332 g/mol. The largest absolute Gasteiger partial charge is 0.465 e. The van der Waals surface area contributed by atoms with E-state index in [0.29, 0.717) is 11.3 Å². The maximum atomic E-state index is 12.2. The topological polar surface area (TPSA) is 84.5 Å². The molecule has 2 rings (SSSR count). The minimum Gasteiger partial charge on any atom is -0.465 e. The van der Waals surface area contributed by atoms with E-state index in [2.05, 4.69) is 15.4 Å². The lowest BCUT2D eigenvalue weighted by Crippen LogP contribution is -2.40. The molecule has 0 aliphatic carbocycles. The highest BCUT2D eigenvalue weighted by atomic mass is 16.5. The van der Waals surface area contributed by atoms with Crippen molar-refractivity contribution in [2.45, 2.75) is 13.0 Å². The number of benzene rings is 2. The molecule has 6 heteroatoms. The van der Waals surface area contributed by atoms with Crippen LogP contribution in [0.1, 0.15) is 22.8 Å². The summed E-state index contributed by atoms with van der Waals surface area (Å²) in [7, 11) is 1.29. The zero-order valence-electron chi connectivity index (χ0n) is 14.6. The van der Waals surface area contributed by atoms with Gasteiger partial charge in [-0.25, -0.2) is 4.79 Å². The van der Waals surface area contributed by atoms with Gasteiger partial charge in [0, 0.05) is 11.8 Å². The minimum absolute atomic E-state index is 0.327. The first-order valence-electron chi connectivity index (χ1n) is 8.02. The van der Waals surface area contributed by atoms with E-state index in [1.54, 1.807) is 31.2 Å². The van der Waals surface area contributed by atoms with E-state index < -0.39 is 17.9 Å². The number of amides is 2. The number of hydrogen-bond acceptors (Lipinski definition) is 4. The monoisotopic (exact) mass is 352 g/mol. The average molecular weight is 352 g/mol. The summed E-state index contributed by atoms with van der Waals surface area (Å²) in [6.07, 6.45) is 3.04. The second-order valence-corrected chi connectivity index (χ2v) is 5.54. The molecule has 0 aliphatic rings. The van der Waals surface area contributed by atoms with Gasteiger partial charge in [0.25, 0.3) is 0 Å². The highest BCUT2D eigenvalue weighted by Gasteiger charge is 2.15. The van der Waals surface area contributed by atoms with Crippen LogP contribution in [-0.2, 0) is 14.3 Å². The highest BCUT2D eigenvalue weighted by molar-refractivity contribution is 6.00. The maximum Gasteiger partial charge on any atom is 0.337 e. The van der Waals surface area contributed by atoms with Crippen LogP contribution in [0.2, 0.25) is 0 Å². The predicted octanol–water partition coefficient (Wildman–Crippen LogP) is 2.63. The van der Waals surface area contributed by atoms with Crippen LogP contribution < -0.4 is 10.6 Å². The van der Waals surface area contributed by atoms with E-state index in [9.17, 15) is 14.4 Å². The summed E-state index contributed by atoms with van der Waals surface area (Å²) >= 11 is 0. The number of hydrogen-bond donors (Lipinski definition) is 2. The van der Waals surface area contributed by atoms with Crippen molar-refractivity contribution in [3.8, 4) is 0 Å². The van der Waals surface area contributed by atoms with Crippen molar-refractivity contribution in [1.82, 2.24) is 5.32 Å². The Morgan fingerprint density at radius 2 is 1.77 bits per heavy atom. The van der Waals surface area contributed by atoms with Crippen molar-refractivity contribution < 1.29 is 19.1 Å². The van der Waals surface area contributed by atoms with Crippen LogP contribution >= 0.6 is 0 Å². The van der Waals surface area contributed by atoms with Crippen molar-refractivity contribution in [3.63, 3.8) is 0 Å². The molecule has 134 valence electrons. The molecule has 0 aliphatic heterocycles. The van der Waals surface area contributed by atoms with E-state index in [0.717, 1.165) is 5.56 Å². The highest BCUT2D eigenvalue weighted by Crippen LogP contribution is 2.12. The lowest BCUT2D eigenvalue weighted by molar-refractivity contribution is -0.123. The molecule has 0 radical (unpaired) electrons. The third-order valence-corrected chi connectivity index (χ3v) is 3.53. The van der Waals surface area contributed by atoms with E-state index >= 15 is 0 Å². The molecular formula is C20H20N2O4. The third-order valence-electron chi connectivity index (χ3n) is 3.53. The van der Waals surface area contributed by atoms with Gasteiger partial charge in [0.05, 0.1) is 12.7 Å². The maximum absolute atomic E-state index is 12.2. The van der Waals surface area contributed by atoms with Crippen LogP contribution in [0, 0.1) is 0 Å². The summed E-state index contributed by atoms with van der Waals surface area (Å²) < 4.78 is 4.64. The first-order valence-corrected chi connectivity index (χ1v) is 8.02. The first-order chi connectivity index (χ1) is 12.5. The molecule has 2 aromatic rings. The molecule has 0 heterocycles. The number of ether oxygens (including phenoxy) is 1. The van der Waals surface area contributed by atoms with Crippen LogP contribution in [0.15, 0.2) is 60.7 Å². The first kappa shape index (κ1) is 18.9. The fourth-order valence-corrected chi connectivity index (χ4v) is 2.16. The zero-order chi connectivity index (χ0) is 18.9.